The van der Waals surface area contributed by atoms with Crippen LogP contribution in [0.15, 0.2) is 42.5 Å². The summed E-state index contributed by atoms with van der Waals surface area (Å²) in [6.07, 6.45) is 1.11. The highest BCUT2D eigenvalue weighted by atomic mass is 16.5. The van der Waals surface area contributed by atoms with Gasteiger partial charge in [0.15, 0.2) is 11.5 Å². The Bertz CT molecular complexity index is 624. The van der Waals surface area contributed by atoms with Gasteiger partial charge in [0.25, 0.3) is 0 Å². The van der Waals surface area contributed by atoms with E-state index in [9.17, 15) is 0 Å². The smallest absolute Gasteiger partial charge is 0.165 e. The zero-order chi connectivity index (χ0) is 14.7. The standard InChI is InChI=1S/C18H21NO2/c1-20-17-9-5-8-16(18(17)21-2)13-19-11-10-14-6-3-4-7-15(14)12-19/h3-9H,10-13H2,1-2H3. The second-order valence-electron chi connectivity index (χ2n) is 5.38. The van der Waals surface area contributed by atoms with E-state index in [1.54, 1.807) is 14.2 Å². The van der Waals surface area contributed by atoms with Crippen molar-refractivity contribution in [3.63, 3.8) is 0 Å². The molecule has 0 saturated heterocycles. The van der Waals surface area contributed by atoms with Gasteiger partial charge >= 0.3 is 0 Å². The van der Waals surface area contributed by atoms with Crippen LogP contribution >= 0.6 is 0 Å². The lowest BCUT2D eigenvalue weighted by molar-refractivity contribution is 0.240. The van der Waals surface area contributed by atoms with Crippen LogP contribution in [0.5, 0.6) is 11.5 Å². The maximum absolute atomic E-state index is 5.53. The summed E-state index contributed by atoms with van der Waals surface area (Å²) in [4.78, 5) is 2.46. The SMILES string of the molecule is COc1cccc(CN2CCc3ccccc3C2)c1OC. The van der Waals surface area contributed by atoms with Crippen molar-refractivity contribution in [2.75, 3.05) is 20.8 Å². The van der Waals surface area contributed by atoms with Crippen LogP contribution in [0.2, 0.25) is 0 Å². The summed E-state index contributed by atoms with van der Waals surface area (Å²) < 4.78 is 10.9. The fourth-order valence-electron chi connectivity index (χ4n) is 3.01. The molecule has 3 heteroatoms. The Morgan fingerprint density at radius 2 is 1.76 bits per heavy atom. The Balaban J connectivity index is 1.79. The Morgan fingerprint density at radius 1 is 0.952 bits per heavy atom. The number of benzene rings is 2. The highest BCUT2D eigenvalue weighted by Crippen LogP contribution is 2.32. The Hall–Kier alpha value is -2.00. The molecule has 0 fully saturated rings. The van der Waals surface area contributed by atoms with Crippen molar-refractivity contribution in [3.8, 4) is 11.5 Å². The molecule has 0 saturated carbocycles. The van der Waals surface area contributed by atoms with Crippen molar-refractivity contribution >= 4 is 0 Å². The molecule has 0 aromatic heterocycles. The number of ether oxygens (including phenoxy) is 2. The quantitative estimate of drug-likeness (QED) is 0.859. The average molecular weight is 283 g/mol. The number of hydrogen-bond acceptors (Lipinski definition) is 3. The van der Waals surface area contributed by atoms with E-state index in [0.29, 0.717) is 0 Å². The van der Waals surface area contributed by atoms with Crippen LogP contribution in [0.4, 0.5) is 0 Å². The zero-order valence-electron chi connectivity index (χ0n) is 12.6. The normalized spacial score (nSPS) is 14.6. The molecule has 0 amide bonds. The second-order valence-corrected chi connectivity index (χ2v) is 5.38. The first-order chi connectivity index (χ1) is 10.3. The third kappa shape index (κ3) is 2.88. The monoisotopic (exact) mass is 283 g/mol. The van der Waals surface area contributed by atoms with Crippen LogP contribution in [-0.4, -0.2) is 25.7 Å². The maximum Gasteiger partial charge on any atom is 0.165 e. The van der Waals surface area contributed by atoms with Gasteiger partial charge in [0, 0.05) is 25.2 Å². The van der Waals surface area contributed by atoms with E-state index >= 15 is 0 Å². The van der Waals surface area contributed by atoms with E-state index in [-0.39, 0.29) is 0 Å². The van der Waals surface area contributed by atoms with Crippen molar-refractivity contribution < 1.29 is 9.47 Å². The summed E-state index contributed by atoms with van der Waals surface area (Å²) in [6, 6.07) is 14.8. The molecule has 3 nitrogen and oxygen atoms in total. The topological polar surface area (TPSA) is 21.7 Å². The van der Waals surface area contributed by atoms with E-state index in [1.165, 1.54) is 16.7 Å². The third-order valence-corrected chi connectivity index (χ3v) is 4.09. The molecule has 2 aromatic rings. The molecule has 0 radical (unpaired) electrons. The van der Waals surface area contributed by atoms with Gasteiger partial charge in [-0.2, -0.15) is 0 Å². The molecule has 1 heterocycles. The maximum atomic E-state index is 5.53. The van der Waals surface area contributed by atoms with E-state index in [4.69, 9.17) is 9.47 Å². The summed E-state index contributed by atoms with van der Waals surface area (Å²) in [5.41, 5.74) is 4.09. The fourth-order valence-corrected chi connectivity index (χ4v) is 3.01. The minimum atomic E-state index is 0.799. The summed E-state index contributed by atoms with van der Waals surface area (Å²) in [5, 5.41) is 0. The van der Waals surface area contributed by atoms with Crippen molar-refractivity contribution in [1.82, 2.24) is 4.90 Å². The van der Waals surface area contributed by atoms with E-state index < -0.39 is 0 Å². The number of hydrogen-bond donors (Lipinski definition) is 0. The van der Waals surface area contributed by atoms with Gasteiger partial charge in [-0.25, -0.2) is 0 Å². The molecule has 0 atom stereocenters. The van der Waals surface area contributed by atoms with Crippen LogP contribution in [0.3, 0.4) is 0 Å². The first-order valence-corrected chi connectivity index (χ1v) is 7.31. The molecule has 0 bridgehead atoms. The van der Waals surface area contributed by atoms with Gasteiger partial charge in [0.05, 0.1) is 14.2 Å². The third-order valence-electron chi connectivity index (χ3n) is 4.09. The van der Waals surface area contributed by atoms with E-state index in [2.05, 4.69) is 35.2 Å². The molecular weight excluding hydrogens is 262 g/mol. The highest BCUT2D eigenvalue weighted by Gasteiger charge is 2.18. The molecule has 3 rings (SSSR count). The van der Waals surface area contributed by atoms with E-state index in [0.717, 1.165) is 37.6 Å². The summed E-state index contributed by atoms with van der Waals surface area (Å²) in [6.45, 7) is 2.96. The minimum absolute atomic E-state index is 0.799. The number of rotatable bonds is 4. The fraction of sp³-hybridized carbons (Fsp3) is 0.333. The second kappa shape index (κ2) is 6.19. The molecule has 1 aliphatic rings. The summed E-state index contributed by atoms with van der Waals surface area (Å²) in [5.74, 6) is 1.64. The Kier molecular flexibility index (Phi) is 4.11. The summed E-state index contributed by atoms with van der Waals surface area (Å²) in [7, 11) is 3.38. The Morgan fingerprint density at radius 3 is 2.52 bits per heavy atom. The van der Waals surface area contributed by atoms with Crippen molar-refractivity contribution in [3.05, 3.63) is 59.2 Å². The van der Waals surface area contributed by atoms with E-state index in [1.807, 2.05) is 12.1 Å². The lowest BCUT2D eigenvalue weighted by Crippen LogP contribution is -2.30. The molecule has 110 valence electrons. The molecular formula is C18H21NO2. The van der Waals surface area contributed by atoms with Gasteiger partial charge in [-0.3, -0.25) is 4.90 Å². The predicted octanol–water partition coefficient (Wildman–Crippen LogP) is 3.26. The number of para-hydroxylation sites is 1. The lowest BCUT2D eigenvalue weighted by atomic mass is 9.99. The number of methoxy groups -OCH3 is 2. The van der Waals surface area contributed by atoms with Gasteiger partial charge in [0.2, 0.25) is 0 Å². The lowest BCUT2D eigenvalue weighted by Gasteiger charge is -2.29. The van der Waals surface area contributed by atoms with Crippen LogP contribution in [0, 0.1) is 0 Å². The van der Waals surface area contributed by atoms with Crippen LogP contribution in [0.25, 0.3) is 0 Å². The molecule has 1 aliphatic heterocycles. The molecule has 0 aliphatic carbocycles. The van der Waals surface area contributed by atoms with Crippen molar-refractivity contribution in [1.29, 1.82) is 0 Å². The average Bonchev–Trinajstić information content (AvgIpc) is 2.54. The largest absolute Gasteiger partial charge is 0.493 e. The van der Waals surface area contributed by atoms with Crippen molar-refractivity contribution in [2.24, 2.45) is 0 Å². The summed E-state index contributed by atoms with van der Waals surface area (Å²) >= 11 is 0. The Labute approximate surface area is 126 Å². The molecule has 2 aromatic carbocycles. The molecule has 0 spiro atoms. The molecule has 0 unspecified atom stereocenters. The van der Waals surface area contributed by atoms with Gasteiger partial charge in [-0.05, 0) is 23.6 Å². The molecule has 0 N–H and O–H groups in total. The predicted molar refractivity (Wildman–Crippen MR) is 83.8 cm³/mol. The van der Waals surface area contributed by atoms with Crippen molar-refractivity contribution in [2.45, 2.75) is 19.5 Å². The first-order valence-electron chi connectivity index (χ1n) is 7.31. The highest BCUT2D eigenvalue weighted by molar-refractivity contribution is 5.46. The van der Waals surface area contributed by atoms with Crippen LogP contribution in [-0.2, 0) is 19.5 Å². The number of fused-ring (bicyclic) bond motifs is 1. The minimum Gasteiger partial charge on any atom is -0.493 e. The molecule has 21 heavy (non-hydrogen) atoms. The first kappa shape index (κ1) is 14.0. The van der Waals surface area contributed by atoms with Crippen LogP contribution < -0.4 is 9.47 Å². The van der Waals surface area contributed by atoms with Gasteiger partial charge in [0.1, 0.15) is 0 Å². The van der Waals surface area contributed by atoms with Gasteiger partial charge in [-0.1, -0.05) is 36.4 Å². The van der Waals surface area contributed by atoms with Gasteiger partial charge in [-0.15, -0.1) is 0 Å². The van der Waals surface area contributed by atoms with Crippen LogP contribution in [0.1, 0.15) is 16.7 Å². The van der Waals surface area contributed by atoms with Gasteiger partial charge < -0.3 is 9.47 Å². The zero-order valence-corrected chi connectivity index (χ0v) is 12.6. The number of nitrogens with zero attached hydrogens (tertiary/aromatic N) is 1.